The fourth-order valence-electron chi connectivity index (χ4n) is 2.29. The van der Waals surface area contributed by atoms with E-state index in [-0.39, 0.29) is 28.8 Å². The summed E-state index contributed by atoms with van der Waals surface area (Å²) in [4.78, 5) is 11.1. The Labute approximate surface area is 114 Å². The number of aliphatic hydroxyl groups is 3. The van der Waals surface area contributed by atoms with Crippen molar-refractivity contribution in [3.05, 3.63) is 71.1 Å². The summed E-state index contributed by atoms with van der Waals surface area (Å²) in [5.74, 6) is -0.733. The van der Waals surface area contributed by atoms with Crippen molar-refractivity contribution in [3.8, 4) is 0 Å². The third kappa shape index (κ3) is 2.03. The van der Waals surface area contributed by atoms with Gasteiger partial charge in [-0.15, -0.1) is 0 Å². The predicted molar refractivity (Wildman–Crippen MR) is 70.8 cm³/mol. The molecule has 0 aromatic rings. The Morgan fingerprint density at radius 1 is 1.00 bits per heavy atom. The normalized spacial score (nSPS) is 28.4. The molecule has 1 aliphatic heterocycles. The molecule has 0 saturated heterocycles. The van der Waals surface area contributed by atoms with E-state index < -0.39 is 12.0 Å². The molecule has 0 aromatic heterocycles. The number of hydrogen-bond donors (Lipinski definition) is 3. The minimum atomic E-state index is -0.599. The van der Waals surface area contributed by atoms with Crippen LogP contribution in [0.25, 0.3) is 0 Å². The van der Waals surface area contributed by atoms with E-state index >= 15 is 0 Å². The third-order valence-corrected chi connectivity index (χ3v) is 3.27. The second-order valence-corrected chi connectivity index (χ2v) is 4.67. The lowest BCUT2D eigenvalue weighted by molar-refractivity contribution is -0.110. The van der Waals surface area contributed by atoms with Gasteiger partial charge < -0.3 is 20.1 Å². The molecule has 5 heteroatoms. The van der Waals surface area contributed by atoms with Crippen molar-refractivity contribution in [3.63, 3.8) is 0 Å². The highest BCUT2D eigenvalue weighted by Gasteiger charge is 2.34. The van der Waals surface area contributed by atoms with E-state index in [2.05, 4.69) is 0 Å². The Morgan fingerprint density at radius 3 is 2.40 bits per heavy atom. The molecular weight excluding hydrogens is 260 g/mol. The molecule has 0 aromatic carbocycles. The van der Waals surface area contributed by atoms with Crippen molar-refractivity contribution in [2.75, 3.05) is 0 Å². The van der Waals surface area contributed by atoms with E-state index in [9.17, 15) is 20.1 Å². The predicted octanol–water partition coefficient (Wildman–Crippen LogP) is 2.29. The highest BCUT2D eigenvalue weighted by Crippen LogP contribution is 2.35. The molecule has 20 heavy (non-hydrogen) atoms. The highest BCUT2D eigenvalue weighted by atomic mass is 16.5. The van der Waals surface area contributed by atoms with E-state index in [1.165, 1.54) is 30.4 Å². The fraction of sp³-hybridized carbons (Fsp3) is 0.133. The Hall–Kier alpha value is -2.69. The summed E-state index contributed by atoms with van der Waals surface area (Å²) in [6, 6.07) is 0. The van der Waals surface area contributed by atoms with E-state index in [0.29, 0.717) is 5.57 Å². The monoisotopic (exact) mass is 272 g/mol. The van der Waals surface area contributed by atoms with E-state index in [1.54, 1.807) is 12.2 Å². The number of carbonyl (C=O) groups excluding carboxylic acids is 1. The molecule has 102 valence electrons. The van der Waals surface area contributed by atoms with Crippen LogP contribution < -0.4 is 0 Å². The molecule has 0 bridgehead atoms. The standard InChI is InChI=1S/C15H12O5/c16-9-3-1-8(2-4-9)15-13(19)7-11-12(18)5-10(17)6-14(11)20-15/h1-7,11,14,17-19H. The third-order valence-electron chi connectivity index (χ3n) is 3.27. The van der Waals surface area contributed by atoms with Gasteiger partial charge in [-0.05, 0) is 36.5 Å². The first-order valence-corrected chi connectivity index (χ1v) is 6.08. The highest BCUT2D eigenvalue weighted by molar-refractivity contribution is 6.01. The quantitative estimate of drug-likeness (QED) is 0.629. The first-order chi connectivity index (χ1) is 9.54. The van der Waals surface area contributed by atoms with Crippen LogP contribution in [0.1, 0.15) is 0 Å². The summed E-state index contributed by atoms with van der Waals surface area (Å²) < 4.78 is 5.63. The van der Waals surface area contributed by atoms with Gasteiger partial charge in [-0.25, -0.2) is 0 Å². The van der Waals surface area contributed by atoms with Crippen LogP contribution in [0.2, 0.25) is 0 Å². The number of rotatable bonds is 0. The minimum absolute atomic E-state index is 0.0736. The van der Waals surface area contributed by atoms with Gasteiger partial charge in [-0.1, -0.05) is 0 Å². The SMILES string of the molecule is O=C1C=CC(=C2OC3C=C(O)C=C(O)C3C=C2O)C=C1. The van der Waals surface area contributed by atoms with E-state index in [1.807, 2.05) is 0 Å². The molecule has 3 N–H and O–H groups in total. The summed E-state index contributed by atoms with van der Waals surface area (Å²) in [6.07, 6.45) is 9.36. The molecule has 0 amide bonds. The zero-order valence-corrected chi connectivity index (χ0v) is 10.4. The summed E-state index contributed by atoms with van der Waals surface area (Å²) in [6.45, 7) is 0. The summed E-state index contributed by atoms with van der Waals surface area (Å²) in [7, 11) is 0. The van der Waals surface area contributed by atoms with E-state index in [0.717, 1.165) is 0 Å². The van der Waals surface area contributed by atoms with Gasteiger partial charge >= 0.3 is 0 Å². The van der Waals surface area contributed by atoms with Gasteiger partial charge in [0.25, 0.3) is 0 Å². The summed E-state index contributed by atoms with van der Waals surface area (Å²) in [5.41, 5.74) is 0.554. The van der Waals surface area contributed by atoms with Crippen LogP contribution in [0, 0.1) is 5.92 Å². The Kier molecular flexibility index (Phi) is 2.75. The topological polar surface area (TPSA) is 87.0 Å². The minimum Gasteiger partial charge on any atom is -0.511 e. The lowest BCUT2D eigenvalue weighted by Crippen LogP contribution is -2.30. The molecule has 2 atom stereocenters. The average Bonchev–Trinajstić information content (AvgIpc) is 2.40. The van der Waals surface area contributed by atoms with Crippen molar-refractivity contribution in [1.29, 1.82) is 0 Å². The molecule has 0 spiro atoms. The second kappa shape index (κ2) is 4.45. The van der Waals surface area contributed by atoms with Crippen molar-refractivity contribution in [2.24, 2.45) is 5.92 Å². The summed E-state index contributed by atoms with van der Waals surface area (Å²) >= 11 is 0. The van der Waals surface area contributed by atoms with Gasteiger partial charge in [-0.3, -0.25) is 4.79 Å². The van der Waals surface area contributed by atoms with Gasteiger partial charge in [0.15, 0.2) is 17.3 Å². The van der Waals surface area contributed by atoms with Crippen molar-refractivity contribution >= 4 is 5.78 Å². The molecule has 2 unspecified atom stereocenters. The molecule has 0 fully saturated rings. The molecular formula is C15H12O5. The van der Waals surface area contributed by atoms with Crippen molar-refractivity contribution < 1.29 is 24.9 Å². The number of aliphatic hydroxyl groups excluding tert-OH is 3. The Morgan fingerprint density at radius 2 is 1.70 bits per heavy atom. The molecule has 5 nitrogen and oxygen atoms in total. The number of ketones is 1. The van der Waals surface area contributed by atoms with Gasteiger partial charge in [0.1, 0.15) is 17.6 Å². The van der Waals surface area contributed by atoms with Gasteiger partial charge in [0.05, 0.1) is 5.92 Å². The average molecular weight is 272 g/mol. The number of hydrogen-bond acceptors (Lipinski definition) is 5. The first kappa shape index (κ1) is 12.3. The number of carbonyl (C=O) groups is 1. The number of ether oxygens (including phenoxy) is 1. The van der Waals surface area contributed by atoms with Crippen molar-refractivity contribution in [2.45, 2.75) is 6.10 Å². The first-order valence-electron chi connectivity index (χ1n) is 6.08. The Balaban J connectivity index is 2.02. The lowest BCUT2D eigenvalue weighted by atomic mass is 9.91. The lowest BCUT2D eigenvalue weighted by Gasteiger charge is -2.31. The second-order valence-electron chi connectivity index (χ2n) is 4.67. The largest absolute Gasteiger partial charge is 0.511 e. The molecule has 3 aliphatic rings. The van der Waals surface area contributed by atoms with Crippen LogP contribution in [-0.4, -0.2) is 27.2 Å². The molecule has 1 heterocycles. The smallest absolute Gasteiger partial charge is 0.178 e. The maximum absolute atomic E-state index is 11.1. The summed E-state index contributed by atoms with van der Waals surface area (Å²) in [5, 5.41) is 29.3. The maximum Gasteiger partial charge on any atom is 0.178 e. The fourth-order valence-corrected chi connectivity index (χ4v) is 2.29. The molecule has 3 rings (SSSR count). The van der Waals surface area contributed by atoms with Crippen LogP contribution in [0.15, 0.2) is 71.1 Å². The zero-order chi connectivity index (χ0) is 14.3. The Bertz CT molecular complexity index is 640. The zero-order valence-electron chi connectivity index (χ0n) is 10.4. The van der Waals surface area contributed by atoms with Crippen LogP contribution in [0.3, 0.4) is 0 Å². The maximum atomic E-state index is 11.1. The number of fused-ring (bicyclic) bond motifs is 1. The van der Waals surface area contributed by atoms with Crippen LogP contribution in [0.5, 0.6) is 0 Å². The van der Waals surface area contributed by atoms with Gasteiger partial charge in [0.2, 0.25) is 0 Å². The van der Waals surface area contributed by atoms with Crippen molar-refractivity contribution in [1.82, 2.24) is 0 Å². The van der Waals surface area contributed by atoms with Crippen LogP contribution in [-0.2, 0) is 9.53 Å². The number of allylic oxidation sites excluding steroid dienone is 6. The molecule has 0 radical (unpaired) electrons. The molecule has 2 aliphatic carbocycles. The van der Waals surface area contributed by atoms with Crippen LogP contribution in [0.4, 0.5) is 0 Å². The van der Waals surface area contributed by atoms with E-state index in [4.69, 9.17) is 4.74 Å². The van der Waals surface area contributed by atoms with Crippen LogP contribution >= 0.6 is 0 Å². The molecule has 0 saturated carbocycles. The van der Waals surface area contributed by atoms with Gasteiger partial charge in [0, 0.05) is 11.6 Å². The van der Waals surface area contributed by atoms with Gasteiger partial charge in [-0.2, -0.15) is 0 Å².